The van der Waals surface area contributed by atoms with Crippen LogP contribution in [0.2, 0.25) is 0 Å². The van der Waals surface area contributed by atoms with E-state index in [1.54, 1.807) is 31.3 Å². The number of ketones is 1. The molecule has 3 aromatic carbocycles. The number of carbonyl (C=O) groups is 6. The van der Waals surface area contributed by atoms with Crippen LogP contribution in [0, 0.1) is 6.92 Å². The van der Waals surface area contributed by atoms with E-state index in [4.69, 9.17) is 16.3 Å². The van der Waals surface area contributed by atoms with Gasteiger partial charge < -0.3 is 41.2 Å². The van der Waals surface area contributed by atoms with Gasteiger partial charge in [0, 0.05) is 45.7 Å². The zero-order chi connectivity index (χ0) is 40.4. The molecule has 0 saturated carbocycles. The topological polar surface area (TPSA) is 210 Å². The molecule has 2 atom stereocenters. The van der Waals surface area contributed by atoms with Gasteiger partial charge >= 0.3 is 0 Å². The zero-order valence-corrected chi connectivity index (χ0v) is 32.0. The van der Waals surface area contributed by atoms with E-state index < -0.39 is 35.6 Å². The second-order valence-corrected chi connectivity index (χ2v) is 14.0. The highest BCUT2D eigenvalue weighted by Crippen LogP contribution is 2.27. The largest absolute Gasteiger partial charge is 0.496 e. The number of Topliss-reactive ketones (excluding diaryl/α,β-unsaturated/α-hetero) is 1. The average molecular weight is 767 g/mol. The van der Waals surface area contributed by atoms with Gasteiger partial charge in [-0.15, -0.1) is 0 Å². The fourth-order valence-electron chi connectivity index (χ4n) is 6.92. The van der Waals surface area contributed by atoms with Gasteiger partial charge in [0.1, 0.15) is 17.8 Å². The molecule has 2 fully saturated rings. The van der Waals surface area contributed by atoms with E-state index in [9.17, 15) is 28.8 Å². The number of nitrogens with zero attached hydrogens (tertiary/aromatic N) is 3. The Morgan fingerprint density at radius 2 is 1.77 bits per heavy atom. The Kier molecular flexibility index (Phi) is 13.8. The fraction of sp³-hybridized carbons (Fsp3) is 0.366. The number of nitrogens with one attached hydrogen (secondary N) is 3. The Bertz CT molecular complexity index is 1990. The molecule has 2 unspecified atom stereocenters. The van der Waals surface area contributed by atoms with Crippen LogP contribution in [0.3, 0.4) is 0 Å². The number of nitrogens with two attached hydrogens (primary N) is 2. The second kappa shape index (κ2) is 18.9. The number of benzene rings is 3. The molecule has 0 spiro atoms. The van der Waals surface area contributed by atoms with Crippen LogP contribution in [0.4, 0.5) is 0 Å². The molecule has 2 saturated heterocycles. The van der Waals surface area contributed by atoms with Crippen LogP contribution in [-0.4, -0.2) is 82.4 Å². The molecule has 3 aliphatic heterocycles. The third kappa shape index (κ3) is 10.5. The van der Waals surface area contributed by atoms with Gasteiger partial charge in [-0.1, -0.05) is 60.7 Å². The summed E-state index contributed by atoms with van der Waals surface area (Å²) >= 11 is 0. The van der Waals surface area contributed by atoms with E-state index in [-0.39, 0.29) is 31.3 Å². The average Bonchev–Trinajstić information content (AvgIpc) is 3.97. The summed E-state index contributed by atoms with van der Waals surface area (Å²) in [6.07, 6.45) is 3.39. The van der Waals surface area contributed by atoms with Crippen molar-refractivity contribution >= 4 is 41.0 Å². The standard InChI is InChI=1S/C22H28N4O6.C19H22N4O/c1-13-5-6-14(10-17(13)32-2)11-23-22(31)20(29)16-4-3-9-26(16)19(28)12-24-21(30)15-7-8-18(27)25-15;1-14(24)22-10-16-8-5-9-17(18(16)12-22)11-23(21)13-19(20)15-6-3-2-4-7-15/h5-6,10,15-16H,3-4,7-9,11-12H2,1-2H3,(H,23,31)(H,24,30)(H,25,27);2-9,13H,10-12,20-21H2,1H3/b;19-13-. The van der Waals surface area contributed by atoms with Crippen LogP contribution in [0.25, 0.3) is 5.70 Å². The first-order chi connectivity index (χ1) is 26.8. The molecule has 15 heteroatoms. The Morgan fingerprint density at radius 1 is 1.00 bits per heavy atom. The number of likely N-dealkylation sites (tertiary alicyclic amines) is 1. The Labute approximate surface area is 326 Å². The van der Waals surface area contributed by atoms with E-state index in [1.807, 2.05) is 60.4 Å². The monoisotopic (exact) mass is 766 g/mol. The molecule has 0 bridgehead atoms. The molecule has 6 rings (SSSR count). The highest BCUT2D eigenvalue weighted by molar-refractivity contribution is 6.38. The number of hydrogen-bond donors (Lipinski definition) is 5. The smallest absolute Gasteiger partial charge is 0.289 e. The minimum absolute atomic E-state index is 0.0926. The van der Waals surface area contributed by atoms with E-state index in [0.717, 1.165) is 22.3 Å². The van der Waals surface area contributed by atoms with E-state index in [1.165, 1.54) is 16.0 Å². The van der Waals surface area contributed by atoms with Gasteiger partial charge in [-0.3, -0.25) is 28.8 Å². The molecule has 0 aromatic heterocycles. The van der Waals surface area contributed by atoms with Gasteiger partial charge in [0.25, 0.3) is 5.91 Å². The predicted octanol–water partition coefficient (Wildman–Crippen LogP) is 1.76. The lowest BCUT2D eigenvalue weighted by Gasteiger charge is -2.23. The molecule has 7 N–H and O–H groups in total. The van der Waals surface area contributed by atoms with Crippen molar-refractivity contribution in [3.05, 3.63) is 106 Å². The van der Waals surface area contributed by atoms with E-state index >= 15 is 0 Å². The molecule has 296 valence electrons. The van der Waals surface area contributed by atoms with Gasteiger partial charge in [-0.2, -0.15) is 0 Å². The van der Waals surface area contributed by atoms with Crippen molar-refractivity contribution in [1.82, 2.24) is 30.8 Å². The quantitative estimate of drug-likeness (QED) is 0.103. The summed E-state index contributed by atoms with van der Waals surface area (Å²) < 4.78 is 5.26. The number of hydrogen-bond acceptors (Lipinski definition) is 10. The molecule has 0 aliphatic carbocycles. The van der Waals surface area contributed by atoms with Crippen LogP contribution in [0.5, 0.6) is 5.75 Å². The van der Waals surface area contributed by atoms with Crippen molar-refractivity contribution in [3.63, 3.8) is 0 Å². The molecule has 56 heavy (non-hydrogen) atoms. The molecule has 0 radical (unpaired) electrons. The number of aryl methyl sites for hydroxylation is 1. The SMILES string of the molecule is CC(=O)N1Cc2cccc(CN(N)/C=C(\N)c3ccccc3)c2C1.COc1cc(CNC(=O)C(=O)C2CCCN2C(=O)CNC(=O)C2CCC(=O)N2)ccc1C. The minimum Gasteiger partial charge on any atom is -0.496 e. The molecule has 3 heterocycles. The molecular weight excluding hydrogens is 716 g/mol. The van der Waals surface area contributed by atoms with Gasteiger partial charge in [0.15, 0.2) is 0 Å². The van der Waals surface area contributed by atoms with Crippen molar-refractivity contribution in [3.8, 4) is 5.75 Å². The van der Waals surface area contributed by atoms with Crippen LogP contribution in [0.1, 0.15) is 66.0 Å². The van der Waals surface area contributed by atoms with E-state index in [0.29, 0.717) is 56.9 Å². The first-order valence-corrected chi connectivity index (χ1v) is 18.6. The fourth-order valence-corrected chi connectivity index (χ4v) is 6.92. The minimum atomic E-state index is -0.849. The zero-order valence-electron chi connectivity index (χ0n) is 32.0. The van der Waals surface area contributed by atoms with Crippen LogP contribution < -0.4 is 32.3 Å². The van der Waals surface area contributed by atoms with Crippen LogP contribution >= 0.6 is 0 Å². The Morgan fingerprint density at radius 3 is 2.46 bits per heavy atom. The summed E-state index contributed by atoms with van der Waals surface area (Å²) in [5.74, 6) is 4.41. The maximum atomic E-state index is 12.7. The molecular formula is C41H50N8O7. The Balaban J connectivity index is 0.000000223. The summed E-state index contributed by atoms with van der Waals surface area (Å²) in [6, 6.07) is 19.9. The van der Waals surface area contributed by atoms with Crippen molar-refractivity contribution in [2.45, 2.75) is 77.8 Å². The highest BCUT2D eigenvalue weighted by Gasteiger charge is 2.37. The number of methoxy groups -OCH3 is 1. The second-order valence-electron chi connectivity index (χ2n) is 14.0. The summed E-state index contributed by atoms with van der Waals surface area (Å²) in [7, 11) is 1.56. The number of rotatable bonds is 12. The molecule has 3 aliphatic rings. The number of fused-ring (bicyclic) bond motifs is 1. The van der Waals surface area contributed by atoms with Crippen LogP contribution in [0.15, 0.2) is 72.9 Å². The highest BCUT2D eigenvalue weighted by atomic mass is 16.5. The summed E-state index contributed by atoms with van der Waals surface area (Å²) in [4.78, 5) is 75.8. The lowest BCUT2D eigenvalue weighted by atomic mass is 10.0. The van der Waals surface area contributed by atoms with Crippen molar-refractivity contribution in [2.75, 3.05) is 20.2 Å². The summed E-state index contributed by atoms with van der Waals surface area (Å²) in [6.45, 7) is 5.57. The first kappa shape index (κ1) is 41.0. The number of ether oxygens (including phenoxy) is 1. The van der Waals surface area contributed by atoms with Crippen LogP contribution in [-0.2, 0) is 54.9 Å². The third-order valence-electron chi connectivity index (χ3n) is 10.0. The molecule has 15 nitrogen and oxygen atoms in total. The number of amides is 5. The maximum absolute atomic E-state index is 12.7. The summed E-state index contributed by atoms with van der Waals surface area (Å²) in [5, 5.41) is 9.24. The molecule has 5 amide bonds. The van der Waals surface area contributed by atoms with Gasteiger partial charge in [-0.25, -0.2) is 5.84 Å². The van der Waals surface area contributed by atoms with Gasteiger partial charge in [0.2, 0.25) is 29.4 Å². The van der Waals surface area contributed by atoms with Crippen molar-refractivity contribution in [2.24, 2.45) is 11.6 Å². The Hall–Kier alpha value is -6.22. The first-order valence-electron chi connectivity index (χ1n) is 18.6. The lowest BCUT2D eigenvalue weighted by Crippen LogP contribution is -2.50. The summed E-state index contributed by atoms with van der Waals surface area (Å²) in [5.41, 5.74) is 12.9. The maximum Gasteiger partial charge on any atom is 0.289 e. The predicted molar refractivity (Wildman–Crippen MR) is 208 cm³/mol. The van der Waals surface area contributed by atoms with E-state index in [2.05, 4.69) is 28.1 Å². The number of hydrazine groups is 1. The third-order valence-corrected chi connectivity index (χ3v) is 10.0. The molecule has 3 aromatic rings. The van der Waals surface area contributed by atoms with Gasteiger partial charge in [0.05, 0.1) is 25.9 Å². The number of carbonyl (C=O) groups excluding carboxylic acids is 6. The normalized spacial score (nSPS) is 17.3. The van der Waals surface area contributed by atoms with Crippen molar-refractivity contribution in [1.29, 1.82) is 0 Å². The van der Waals surface area contributed by atoms with Gasteiger partial charge in [-0.05, 0) is 65.6 Å². The lowest BCUT2D eigenvalue weighted by molar-refractivity contribution is -0.144. The van der Waals surface area contributed by atoms with Crippen molar-refractivity contribution < 1.29 is 33.5 Å².